The zero-order valence-electron chi connectivity index (χ0n) is 13.7. The van der Waals surface area contributed by atoms with Crippen molar-refractivity contribution in [2.75, 3.05) is 13.2 Å². The summed E-state index contributed by atoms with van der Waals surface area (Å²) in [4.78, 5) is 0. The number of hydrazone groups is 1. The van der Waals surface area contributed by atoms with E-state index in [9.17, 15) is 4.39 Å². The lowest BCUT2D eigenvalue weighted by molar-refractivity contribution is 0.293. The number of aliphatic hydroxyl groups excluding tert-OH is 1. The number of benzene rings is 3. The monoisotopic (exact) mass is 338 g/mol. The van der Waals surface area contributed by atoms with Gasteiger partial charge in [0.25, 0.3) is 0 Å². The van der Waals surface area contributed by atoms with E-state index >= 15 is 0 Å². The predicted molar refractivity (Wildman–Crippen MR) is 97.4 cm³/mol. The highest BCUT2D eigenvalue weighted by Crippen LogP contribution is 2.27. The molecule has 2 N–H and O–H groups in total. The lowest BCUT2D eigenvalue weighted by Gasteiger charge is -2.12. The van der Waals surface area contributed by atoms with Gasteiger partial charge in [0.1, 0.15) is 18.2 Å². The molecule has 0 radical (unpaired) electrons. The fraction of sp³-hybridized carbons (Fsp3) is 0.150. The molecular weight excluding hydrogens is 319 g/mol. The van der Waals surface area contributed by atoms with Gasteiger partial charge in [-0.15, -0.1) is 0 Å². The summed E-state index contributed by atoms with van der Waals surface area (Å²) in [6, 6.07) is 18.1. The van der Waals surface area contributed by atoms with Gasteiger partial charge in [0.05, 0.1) is 19.4 Å². The number of halogens is 1. The van der Waals surface area contributed by atoms with E-state index in [0.717, 1.165) is 21.9 Å². The van der Waals surface area contributed by atoms with Crippen LogP contribution in [0.25, 0.3) is 10.8 Å². The molecule has 0 fully saturated rings. The zero-order chi connectivity index (χ0) is 17.5. The molecule has 0 atom stereocenters. The number of nitrogens with zero attached hydrogens (tertiary/aromatic N) is 1. The maximum absolute atomic E-state index is 13.0. The summed E-state index contributed by atoms with van der Waals surface area (Å²) in [6.07, 6.45) is 1.69. The van der Waals surface area contributed by atoms with Crippen molar-refractivity contribution < 1.29 is 14.2 Å². The summed E-state index contributed by atoms with van der Waals surface area (Å²) in [6.45, 7) is 0.733. The molecule has 0 saturated heterocycles. The van der Waals surface area contributed by atoms with Crippen LogP contribution < -0.4 is 10.2 Å². The molecule has 0 aliphatic carbocycles. The summed E-state index contributed by atoms with van der Waals surface area (Å²) >= 11 is 0. The molecule has 128 valence electrons. The molecule has 0 aliphatic rings. The molecule has 4 nitrogen and oxygen atoms in total. The largest absolute Gasteiger partial charge is 0.488 e. The average Bonchev–Trinajstić information content (AvgIpc) is 2.65. The minimum atomic E-state index is -0.266. The van der Waals surface area contributed by atoms with Crippen LogP contribution in [0.4, 0.5) is 4.39 Å². The minimum absolute atomic E-state index is 0.0147. The van der Waals surface area contributed by atoms with Gasteiger partial charge in [-0.2, -0.15) is 5.10 Å². The number of nitrogens with one attached hydrogen (secondary N) is 1. The molecule has 0 heterocycles. The van der Waals surface area contributed by atoms with Crippen LogP contribution in [-0.4, -0.2) is 24.5 Å². The van der Waals surface area contributed by atoms with Crippen LogP contribution in [-0.2, 0) is 6.61 Å². The highest BCUT2D eigenvalue weighted by Gasteiger charge is 2.07. The first-order valence-electron chi connectivity index (χ1n) is 8.03. The smallest absolute Gasteiger partial charge is 0.129 e. The number of rotatable bonds is 7. The first-order valence-corrected chi connectivity index (χ1v) is 8.03. The SMILES string of the molecule is OCCNN=Cc1c(OCc2ccc(F)cc2)ccc2ccccc12. The van der Waals surface area contributed by atoms with Gasteiger partial charge < -0.3 is 15.3 Å². The number of hydrogen-bond acceptors (Lipinski definition) is 4. The summed E-state index contributed by atoms with van der Waals surface area (Å²) in [5, 5.41) is 15.1. The van der Waals surface area contributed by atoms with Crippen molar-refractivity contribution in [2.45, 2.75) is 6.61 Å². The summed E-state index contributed by atoms with van der Waals surface area (Å²) < 4.78 is 18.9. The number of hydrogen-bond donors (Lipinski definition) is 2. The third kappa shape index (κ3) is 4.33. The quantitative estimate of drug-likeness (QED) is 0.394. The Morgan fingerprint density at radius 3 is 2.64 bits per heavy atom. The Bertz CT molecular complexity index is 863. The van der Waals surface area contributed by atoms with Crippen molar-refractivity contribution in [1.29, 1.82) is 0 Å². The van der Waals surface area contributed by atoms with Gasteiger partial charge in [0, 0.05) is 5.56 Å². The molecule has 25 heavy (non-hydrogen) atoms. The van der Waals surface area contributed by atoms with Crippen LogP contribution in [0.2, 0.25) is 0 Å². The Labute approximate surface area is 145 Å². The van der Waals surface area contributed by atoms with E-state index in [1.54, 1.807) is 18.3 Å². The Kier molecular flexibility index (Phi) is 5.59. The first kappa shape index (κ1) is 16.9. The summed E-state index contributed by atoms with van der Waals surface area (Å²) in [5.41, 5.74) is 4.52. The van der Waals surface area contributed by atoms with E-state index in [0.29, 0.717) is 18.9 Å². The topological polar surface area (TPSA) is 53.8 Å². The molecule has 0 saturated carbocycles. The van der Waals surface area contributed by atoms with Crippen molar-refractivity contribution in [2.24, 2.45) is 5.10 Å². The molecule has 0 aliphatic heterocycles. The van der Waals surface area contributed by atoms with Gasteiger partial charge in [0.15, 0.2) is 0 Å². The van der Waals surface area contributed by atoms with Crippen LogP contribution in [0.3, 0.4) is 0 Å². The van der Waals surface area contributed by atoms with Crippen molar-refractivity contribution in [1.82, 2.24) is 5.43 Å². The van der Waals surface area contributed by atoms with Crippen LogP contribution >= 0.6 is 0 Å². The van der Waals surface area contributed by atoms with Crippen molar-refractivity contribution in [3.63, 3.8) is 0 Å². The lowest BCUT2D eigenvalue weighted by atomic mass is 10.0. The zero-order valence-corrected chi connectivity index (χ0v) is 13.7. The normalized spacial score (nSPS) is 11.1. The minimum Gasteiger partial charge on any atom is -0.488 e. The number of ether oxygens (including phenoxy) is 1. The van der Waals surface area contributed by atoms with Crippen LogP contribution in [0.5, 0.6) is 5.75 Å². The molecule has 3 aromatic rings. The van der Waals surface area contributed by atoms with Gasteiger partial charge in [-0.05, 0) is 34.5 Å². The van der Waals surface area contributed by atoms with Crippen molar-refractivity contribution in [3.05, 3.63) is 77.6 Å². The van der Waals surface area contributed by atoms with E-state index in [1.165, 1.54) is 12.1 Å². The maximum atomic E-state index is 13.0. The second-order valence-electron chi connectivity index (χ2n) is 5.50. The number of aliphatic hydroxyl groups is 1. The van der Waals surface area contributed by atoms with Gasteiger partial charge in [0.2, 0.25) is 0 Å². The molecule has 0 amide bonds. The van der Waals surface area contributed by atoms with E-state index in [1.807, 2.05) is 36.4 Å². The summed E-state index contributed by atoms with van der Waals surface area (Å²) in [5.74, 6) is 0.426. The molecule has 0 unspecified atom stereocenters. The van der Waals surface area contributed by atoms with E-state index in [4.69, 9.17) is 9.84 Å². The Hall–Kier alpha value is -2.92. The van der Waals surface area contributed by atoms with Crippen LogP contribution in [0.15, 0.2) is 65.8 Å². The Morgan fingerprint density at radius 2 is 1.84 bits per heavy atom. The standard InChI is InChI=1S/C20H19FN2O2/c21-17-8-5-15(6-9-17)14-25-20-10-7-16-3-1-2-4-18(16)19(20)13-23-22-11-12-24/h1-10,13,22,24H,11-12,14H2. The molecule has 5 heteroatoms. The summed E-state index contributed by atoms with van der Waals surface area (Å²) in [7, 11) is 0. The third-order valence-corrected chi connectivity index (χ3v) is 3.75. The molecule has 3 rings (SSSR count). The second kappa shape index (κ2) is 8.26. The van der Waals surface area contributed by atoms with Crippen molar-refractivity contribution in [3.8, 4) is 5.75 Å². The average molecular weight is 338 g/mol. The number of fused-ring (bicyclic) bond motifs is 1. The maximum Gasteiger partial charge on any atom is 0.129 e. The molecule has 0 spiro atoms. The Morgan fingerprint density at radius 1 is 1.04 bits per heavy atom. The Balaban J connectivity index is 1.87. The van der Waals surface area contributed by atoms with Crippen LogP contribution in [0, 0.1) is 5.82 Å². The molecule has 0 bridgehead atoms. The van der Waals surface area contributed by atoms with Crippen LogP contribution in [0.1, 0.15) is 11.1 Å². The lowest BCUT2D eigenvalue weighted by Crippen LogP contribution is -2.11. The molecule has 3 aromatic carbocycles. The third-order valence-electron chi connectivity index (χ3n) is 3.75. The first-order chi connectivity index (χ1) is 12.3. The van der Waals surface area contributed by atoms with E-state index in [2.05, 4.69) is 10.5 Å². The fourth-order valence-electron chi connectivity index (χ4n) is 2.50. The second-order valence-corrected chi connectivity index (χ2v) is 5.50. The molecule has 0 aromatic heterocycles. The molecular formula is C20H19FN2O2. The van der Waals surface area contributed by atoms with Crippen molar-refractivity contribution >= 4 is 17.0 Å². The van der Waals surface area contributed by atoms with Gasteiger partial charge >= 0.3 is 0 Å². The highest BCUT2D eigenvalue weighted by molar-refractivity contribution is 6.02. The predicted octanol–water partition coefficient (Wildman–Crippen LogP) is 3.47. The van der Waals surface area contributed by atoms with Gasteiger partial charge in [-0.3, -0.25) is 0 Å². The van der Waals surface area contributed by atoms with Gasteiger partial charge in [-0.1, -0.05) is 42.5 Å². The fourth-order valence-corrected chi connectivity index (χ4v) is 2.50. The highest BCUT2D eigenvalue weighted by atomic mass is 19.1. The van der Waals surface area contributed by atoms with Gasteiger partial charge in [-0.25, -0.2) is 4.39 Å². The van der Waals surface area contributed by atoms with E-state index in [-0.39, 0.29) is 12.4 Å². The van der Waals surface area contributed by atoms with E-state index < -0.39 is 0 Å².